The van der Waals surface area contributed by atoms with Crippen LogP contribution in [0.2, 0.25) is 0 Å². The van der Waals surface area contributed by atoms with Crippen molar-refractivity contribution in [3.63, 3.8) is 0 Å². The van der Waals surface area contributed by atoms with Gasteiger partial charge in [0.2, 0.25) is 0 Å². The molecule has 1 aliphatic rings. The Kier molecular flexibility index (Phi) is 4.15. The molecule has 1 aliphatic carbocycles. The molecule has 1 N–H and O–H groups in total. The number of hydrogen-bond acceptors (Lipinski definition) is 5. The Balaban J connectivity index is 1.57. The number of aromatic nitrogens is 4. The van der Waals surface area contributed by atoms with Crippen LogP contribution < -0.4 is 0 Å². The molecule has 0 radical (unpaired) electrons. The molecule has 6 heteroatoms. The van der Waals surface area contributed by atoms with E-state index in [-0.39, 0.29) is 5.54 Å². The van der Waals surface area contributed by atoms with Crippen LogP contribution in [0.3, 0.4) is 0 Å². The molecular weight excluding hydrogens is 396 g/mol. The average molecular weight is 419 g/mol. The van der Waals surface area contributed by atoms with Gasteiger partial charge in [0, 0.05) is 22.7 Å². The van der Waals surface area contributed by atoms with Crippen LogP contribution in [0, 0.1) is 12.5 Å². The molecule has 6 rings (SSSR count). The first kappa shape index (κ1) is 18.8. The molecule has 5 aromatic rings. The van der Waals surface area contributed by atoms with Gasteiger partial charge in [-0.15, -0.1) is 10.2 Å². The molecule has 32 heavy (non-hydrogen) atoms. The molecule has 3 aromatic heterocycles. The molecule has 0 atom stereocenters. The maximum absolute atomic E-state index is 7.67. The summed E-state index contributed by atoms with van der Waals surface area (Å²) in [6.45, 7) is 1.95. The Morgan fingerprint density at radius 2 is 1.72 bits per heavy atom. The summed E-state index contributed by atoms with van der Waals surface area (Å²) in [4.78, 5) is 5.09. The van der Waals surface area contributed by atoms with Crippen molar-refractivity contribution < 1.29 is 0 Å². The maximum Gasteiger partial charge on any atom is 0.170 e. The van der Waals surface area contributed by atoms with Gasteiger partial charge in [0.15, 0.2) is 5.65 Å². The SMILES string of the molecule is Cc1nnc2c3cc(-c4ccccc4)c(-c4ccc(C5(N=N)CCC5)cc4)nc3ccn12. The Hall–Kier alpha value is -3.93. The molecule has 0 spiro atoms. The predicted octanol–water partition coefficient (Wildman–Crippen LogP) is 6.33. The van der Waals surface area contributed by atoms with Crippen LogP contribution in [0.15, 0.2) is 78.0 Å². The second-order valence-electron chi connectivity index (χ2n) is 8.51. The van der Waals surface area contributed by atoms with Crippen LogP contribution in [-0.4, -0.2) is 19.6 Å². The fourth-order valence-electron chi connectivity index (χ4n) is 4.68. The topological polar surface area (TPSA) is 79.3 Å². The summed E-state index contributed by atoms with van der Waals surface area (Å²) < 4.78 is 2.00. The monoisotopic (exact) mass is 418 g/mol. The van der Waals surface area contributed by atoms with Crippen molar-refractivity contribution in [3.05, 3.63) is 84.3 Å². The zero-order valence-corrected chi connectivity index (χ0v) is 17.8. The number of nitrogens with zero attached hydrogens (tertiary/aromatic N) is 5. The van der Waals surface area contributed by atoms with Crippen LogP contribution in [0.1, 0.15) is 30.7 Å². The molecule has 1 saturated carbocycles. The van der Waals surface area contributed by atoms with Crippen LogP contribution in [-0.2, 0) is 5.54 Å². The minimum absolute atomic E-state index is 0.325. The highest BCUT2D eigenvalue weighted by Crippen LogP contribution is 2.45. The van der Waals surface area contributed by atoms with Crippen molar-refractivity contribution >= 4 is 16.6 Å². The molecule has 0 unspecified atom stereocenters. The minimum atomic E-state index is -0.325. The van der Waals surface area contributed by atoms with Gasteiger partial charge in [0.05, 0.1) is 11.2 Å². The zero-order chi connectivity index (χ0) is 21.7. The summed E-state index contributed by atoms with van der Waals surface area (Å²) >= 11 is 0. The van der Waals surface area contributed by atoms with Gasteiger partial charge in [-0.1, -0.05) is 54.6 Å². The molecule has 0 aliphatic heterocycles. The lowest BCUT2D eigenvalue weighted by Gasteiger charge is -2.37. The van der Waals surface area contributed by atoms with E-state index in [0.29, 0.717) is 0 Å². The Bertz CT molecular complexity index is 1460. The summed E-state index contributed by atoms with van der Waals surface area (Å²) in [5.74, 6) is 0.854. The van der Waals surface area contributed by atoms with Gasteiger partial charge in [-0.3, -0.25) is 4.40 Å². The van der Waals surface area contributed by atoms with Crippen LogP contribution in [0.5, 0.6) is 0 Å². The van der Waals surface area contributed by atoms with Gasteiger partial charge in [-0.25, -0.2) is 10.5 Å². The standard InChI is InChI=1S/C26H22N6/c1-17-29-30-25-22-16-21(18-6-3-2-4-7-18)24(28-23(22)12-15-32(17)25)19-8-10-20(11-9-19)26(31-27)13-5-14-26/h2-4,6-12,15-16,27H,5,13-14H2,1H3. The fraction of sp³-hybridized carbons (Fsp3) is 0.192. The summed E-state index contributed by atoms with van der Waals surface area (Å²) in [5, 5.41) is 13.6. The fourth-order valence-corrected chi connectivity index (χ4v) is 4.68. The summed E-state index contributed by atoms with van der Waals surface area (Å²) in [6.07, 6.45) is 5.01. The number of hydrogen-bond donors (Lipinski definition) is 1. The molecule has 3 heterocycles. The number of pyridine rings is 2. The van der Waals surface area contributed by atoms with E-state index in [1.165, 1.54) is 0 Å². The van der Waals surface area contributed by atoms with Gasteiger partial charge in [-0.2, -0.15) is 5.11 Å². The number of aryl methyl sites for hydroxylation is 1. The van der Waals surface area contributed by atoms with Crippen LogP contribution >= 0.6 is 0 Å². The van der Waals surface area contributed by atoms with E-state index in [1.807, 2.05) is 41.8 Å². The van der Waals surface area contributed by atoms with E-state index < -0.39 is 0 Å². The zero-order valence-electron chi connectivity index (χ0n) is 17.8. The van der Waals surface area contributed by atoms with E-state index >= 15 is 0 Å². The molecule has 2 aromatic carbocycles. The highest BCUT2D eigenvalue weighted by molar-refractivity contribution is 5.98. The van der Waals surface area contributed by atoms with Crippen LogP contribution in [0.25, 0.3) is 38.9 Å². The largest absolute Gasteiger partial charge is 0.286 e. The van der Waals surface area contributed by atoms with E-state index in [0.717, 1.165) is 69.6 Å². The van der Waals surface area contributed by atoms with E-state index in [1.54, 1.807) is 0 Å². The molecular formula is C26H22N6. The summed E-state index contributed by atoms with van der Waals surface area (Å²) in [6, 6.07) is 23.0. The highest BCUT2D eigenvalue weighted by atomic mass is 15.2. The molecule has 0 amide bonds. The second kappa shape index (κ2) is 7.05. The van der Waals surface area contributed by atoms with Gasteiger partial charge in [-0.05, 0) is 49.4 Å². The highest BCUT2D eigenvalue weighted by Gasteiger charge is 2.38. The third-order valence-electron chi connectivity index (χ3n) is 6.72. The Labute approximate surface area is 185 Å². The molecule has 1 fully saturated rings. The van der Waals surface area contributed by atoms with Crippen LogP contribution in [0.4, 0.5) is 0 Å². The van der Waals surface area contributed by atoms with Crippen molar-refractivity contribution in [1.82, 2.24) is 19.6 Å². The molecule has 156 valence electrons. The van der Waals surface area contributed by atoms with E-state index in [4.69, 9.17) is 10.5 Å². The third kappa shape index (κ3) is 2.76. The van der Waals surface area contributed by atoms with Crippen molar-refractivity contribution in [2.24, 2.45) is 5.11 Å². The Morgan fingerprint density at radius 3 is 2.41 bits per heavy atom. The van der Waals surface area contributed by atoms with Gasteiger partial charge >= 0.3 is 0 Å². The number of fused-ring (bicyclic) bond motifs is 3. The normalized spacial score (nSPS) is 15.0. The van der Waals surface area contributed by atoms with Crippen molar-refractivity contribution in [2.45, 2.75) is 31.7 Å². The van der Waals surface area contributed by atoms with Crippen molar-refractivity contribution in [1.29, 1.82) is 5.53 Å². The first-order chi connectivity index (χ1) is 15.7. The first-order valence-corrected chi connectivity index (χ1v) is 10.9. The lowest BCUT2D eigenvalue weighted by Crippen LogP contribution is -2.31. The lowest BCUT2D eigenvalue weighted by atomic mass is 9.72. The minimum Gasteiger partial charge on any atom is -0.286 e. The number of benzene rings is 2. The molecule has 6 nitrogen and oxygen atoms in total. The molecule has 0 bridgehead atoms. The second-order valence-corrected chi connectivity index (χ2v) is 8.51. The smallest absolute Gasteiger partial charge is 0.170 e. The van der Waals surface area contributed by atoms with Gasteiger partial charge in [0.25, 0.3) is 0 Å². The lowest BCUT2D eigenvalue weighted by molar-refractivity contribution is 0.238. The number of rotatable bonds is 4. The molecule has 0 saturated heterocycles. The van der Waals surface area contributed by atoms with Crippen molar-refractivity contribution in [3.8, 4) is 22.4 Å². The first-order valence-electron chi connectivity index (χ1n) is 10.9. The summed E-state index contributed by atoms with van der Waals surface area (Å²) in [7, 11) is 0. The number of nitrogens with one attached hydrogen (secondary N) is 1. The third-order valence-corrected chi connectivity index (χ3v) is 6.72. The van der Waals surface area contributed by atoms with Crippen molar-refractivity contribution in [2.75, 3.05) is 0 Å². The van der Waals surface area contributed by atoms with Gasteiger partial charge in [0.1, 0.15) is 11.4 Å². The average Bonchev–Trinajstić information content (AvgIpc) is 3.20. The summed E-state index contributed by atoms with van der Waals surface area (Å²) in [5.41, 5.74) is 14.3. The maximum atomic E-state index is 7.67. The van der Waals surface area contributed by atoms with E-state index in [2.05, 4.69) is 57.8 Å². The van der Waals surface area contributed by atoms with Gasteiger partial charge < -0.3 is 0 Å². The predicted molar refractivity (Wildman–Crippen MR) is 125 cm³/mol. The van der Waals surface area contributed by atoms with E-state index in [9.17, 15) is 0 Å². The Morgan fingerprint density at radius 1 is 0.938 bits per heavy atom. The quantitative estimate of drug-likeness (QED) is 0.346.